The molecule has 0 unspecified atom stereocenters. The highest BCUT2D eigenvalue weighted by Gasteiger charge is 2.60. The van der Waals surface area contributed by atoms with Gasteiger partial charge >= 0.3 is 5.51 Å². The van der Waals surface area contributed by atoms with Crippen LogP contribution in [-0.2, 0) is 14.6 Å². The number of hydrogen-bond donors (Lipinski definition) is 4. The van der Waals surface area contributed by atoms with Gasteiger partial charge in [0.25, 0.3) is 15.7 Å². The summed E-state index contributed by atoms with van der Waals surface area (Å²) in [6.07, 6.45) is 0.577. The number of sulfone groups is 1. The van der Waals surface area contributed by atoms with Crippen LogP contribution in [0.2, 0.25) is 0 Å². The lowest BCUT2D eigenvalue weighted by Crippen LogP contribution is -2.55. The fourth-order valence-corrected chi connectivity index (χ4v) is 7.54. The molecule has 15 heteroatoms. The Kier molecular flexibility index (Phi) is 9.08. The molecule has 3 fully saturated rings. The highest BCUT2D eigenvalue weighted by Crippen LogP contribution is 2.49. The van der Waals surface area contributed by atoms with Crippen molar-refractivity contribution in [2.24, 2.45) is 23.7 Å². The zero-order chi connectivity index (χ0) is 32.8. The predicted octanol–water partition coefficient (Wildman–Crippen LogP) is 3.81. The Labute approximate surface area is 257 Å². The van der Waals surface area contributed by atoms with Crippen LogP contribution in [0.4, 0.5) is 23.2 Å². The largest absolute Gasteiger partial charge is 0.501 e. The molecule has 0 aliphatic heterocycles. The summed E-state index contributed by atoms with van der Waals surface area (Å²) in [5, 5.41) is 26.3. The molecule has 2 aromatic carbocycles. The fraction of sp³-hybridized carbons (Fsp3) is 0.533. The second kappa shape index (κ2) is 12.4. The molecular weight excluding hydrogens is 624 g/mol. The minimum Gasteiger partial charge on any atom is -0.496 e. The Morgan fingerprint density at radius 2 is 1.64 bits per heavy atom. The topological polar surface area (TPSA) is 151 Å². The third-order valence-electron chi connectivity index (χ3n) is 9.15. The summed E-state index contributed by atoms with van der Waals surface area (Å²) in [7, 11) is -4.45. The molecule has 3 aliphatic rings. The van der Waals surface area contributed by atoms with Gasteiger partial charge in [0.05, 0.1) is 41.8 Å². The Bertz CT molecular complexity index is 1560. The molecule has 0 heterocycles. The molecular formula is C30H34F4N2O8S. The summed E-state index contributed by atoms with van der Waals surface area (Å²) in [6, 6.07) is 4.79. The van der Waals surface area contributed by atoms with Crippen molar-refractivity contribution >= 4 is 27.3 Å². The number of aliphatic hydroxyl groups excluding tert-OH is 2. The summed E-state index contributed by atoms with van der Waals surface area (Å²) in [6.45, 7) is 2.13. The molecule has 4 N–H and O–H groups in total. The van der Waals surface area contributed by atoms with Crippen molar-refractivity contribution in [1.29, 1.82) is 0 Å². The van der Waals surface area contributed by atoms with Crippen LogP contribution >= 0.6 is 0 Å². The smallest absolute Gasteiger partial charge is 0.496 e. The number of rotatable bonds is 8. The van der Waals surface area contributed by atoms with Crippen LogP contribution in [0.1, 0.15) is 49.4 Å². The first-order valence-electron chi connectivity index (χ1n) is 14.6. The second-order valence-electron chi connectivity index (χ2n) is 12.0. The number of alkyl halides is 3. The van der Waals surface area contributed by atoms with Crippen molar-refractivity contribution in [3.63, 3.8) is 0 Å². The Hall–Kier alpha value is -3.43. The minimum absolute atomic E-state index is 0.0971. The number of carbonyl (C=O) groups is 2. The maximum atomic E-state index is 14.9. The molecule has 2 amide bonds. The Balaban J connectivity index is 1.38. The van der Waals surface area contributed by atoms with Gasteiger partial charge in [-0.3, -0.25) is 9.59 Å². The van der Waals surface area contributed by atoms with Crippen LogP contribution in [0, 0.1) is 29.5 Å². The first kappa shape index (κ1) is 32.9. The number of anilines is 1. The molecule has 2 aromatic rings. The van der Waals surface area contributed by atoms with Crippen molar-refractivity contribution in [3.05, 3.63) is 47.8 Å². The van der Waals surface area contributed by atoms with Crippen LogP contribution in [0.15, 0.2) is 41.3 Å². The highest BCUT2D eigenvalue weighted by molar-refractivity contribution is 7.92. The van der Waals surface area contributed by atoms with Crippen molar-refractivity contribution in [2.75, 3.05) is 12.4 Å². The van der Waals surface area contributed by atoms with Crippen LogP contribution in [0.25, 0.3) is 0 Å². The van der Waals surface area contributed by atoms with E-state index in [1.807, 2.05) is 0 Å². The predicted molar refractivity (Wildman–Crippen MR) is 152 cm³/mol. The van der Waals surface area contributed by atoms with Gasteiger partial charge in [-0.05, 0) is 62.3 Å². The number of aliphatic hydroxyl groups is 2. The molecule has 0 radical (unpaired) electrons. The number of ether oxygens (including phenoxy) is 2. The van der Waals surface area contributed by atoms with Gasteiger partial charge in [-0.1, -0.05) is 13.0 Å². The van der Waals surface area contributed by atoms with Crippen LogP contribution < -0.4 is 20.1 Å². The zero-order valence-electron chi connectivity index (χ0n) is 24.4. The number of hydrogen-bond acceptors (Lipinski definition) is 8. The Morgan fingerprint density at radius 1 is 0.978 bits per heavy atom. The molecule has 3 aliphatic carbocycles. The summed E-state index contributed by atoms with van der Waals surface area (Å²) < 4.78 is 89.0. The third-order valence-corrected chi connectivity index (χ3v) is 10.6. The van der Waals surface area contributed by atoms with E-state index in [4.69, 9.17) is 9.47 Å². The van der Waals surface area contributed by atoms with Gasteiger partial charge in [0.2, 0.25) is 5.91 Å². The lowest BCUT2D eigenvalue weighted by atomic mass is 9.80. The average Bonchev–Trinajstić information content (AvgIpc) is 3.49. The van der Waals surface area contributed by atoms with E-state index in [1.54, 1.807) is 0 Å². The van der Waals surface area contributed by atoms with Crippen LogP contribution in [-0.4, -0.2) is 67.4 Å². The van der Waals surface area contributed by atoms with E-state index in [0.29, 0.717) is 12.0 Å². The van der Waals surface area contributed by atoms with Gasteiger partial charge in [0, 0.05) is 29.6 Å². The van der Waals surface area contributed by atoms with Crippen molar-refractivity contribution in [3.8, 4) is 11.5 Å². The standard InChI is InChI=1S/C30H34F4N2O8S/c1-14-6-8-16(9-7-14)44-23-12-18(22(43-2)13-21(23)31)28(39)36-25-20-11-19(26(37)27(20)38)24(25)29(40)35-15-4-3-5-17(10-15)45(41,42)30(32,33)34/h3-5,10,12-14,16,19-20,24-27,37-38H,6-9,11H2,1-2H3,(H,35,40)(H,36,39)/t14-,16+,19-,20+,24+,25-,26-,27+/m1/s1. The lowest BCUT2D eigenvalue weighted by molar-refractivity contribution is -0.127. The fourth-order valence-electron chi connectivity index (χ4n) is 6.73. The molecule has 45 heavy (non-hydrogen) atoms. The minimum atomic E-state index is -5.69. The van der Waals surface area contributed by atoms with E-state index in [9.17, 15) is 45.8 Å². The summed E-state index contributed by atoms with van der Waals surface area (Å²) in [4.78, 5) is 26.0. The van der Waals surface area contributed by atoms with Gasteiger partial charge in [0.15, 0.2) is 11.6 Å². The lowest BCUT2D eigenvalue weighted by Gasteiger charge is -2.36. The van der Waals surface area contributed by atoms with Gasteiger partial charge < -0.3 is 30.3 Å². The number of carbonyl (C=O) groups excluding carboxylic acids is 2. The van der Waals surface area contributed by atoms with Crippen LogP contribution in [0.5, 0.6) is 11.5 Å². The van der Waals surface area contributed by atoms with Crippen molar-refractivity contribution in [2.45, 2.75) is 73.8 Å². The van der Waals surface area contributed by atoms with E-state index in [-0.39, 0.29) is 35.3 Å². The average molecular weight is 659 g/mol. The summed E-state index contributed by atoms with van der Waals surface area (Å²) >= 11 is 0. The number of methoxy groups -OCH3 is 1. The van der Waals surface area contributed by atoms with Crippen molar-refractivity contribution in [1.82, 2.24) is 5.32 Å². The Morgan fingerprint density at radius 3 is 2.29 bits per heavy atom. The molecule has 0 spiro atoms. The van der Waals surface area contributed by atoms with Gasteiger partial charge in [-0.25, -0.2) is 12.8 Å². The third kappa shape index (κ3) is 6.34. The number of fused-ring (bicyclic) bond motifs is 2. The first-order chi connectivity index (χ1) is 21.1. The van der Waals surface area contributed by atoms with E-state index in [0.717, 1.165) is 43.9 Å². The normalized spacial score (nSPS) is 29.7. The SMILES string of the molecule is COc1cc(F)c(O[C@H]2CC[C@@H](C)CC2)cc1C(=O)N[C@@H]1[C@@H]2C[C@@H]([C@@H](O)[C@H]2O)[C@@H]1C(=O)Nc1cccc(S(=O)(=O)C(F)(F)F)c1. The number of nitrogens with one attached hydrogen (secondary N) is 2. The molecule has 6 atom stereocenters. The second-order valence-corrected chi connectivity index (χ2v) is 14.0. The number of amides is 2. The quantitative estimate of drug-likeness (QED) is 0.313. The van der Waals surface area contributed by atoms with Gasteiger partial charge in [-0.15, -0.1) is 0 Å². The molecule has 10 nitrogen and oxygen atoms in total. The molecule has 2 bridgehead atoms. The van der Waals surface area contributed by atoms with E-state index < -0.39 is 73.9 Å². The monoisotopic (exact) mass is 658 g/mol. The first-order valence-corrected chi connectivity index (χ1v) is 16.0. The maximum Gasteiger partial charge on any atom is 0.501 e. The number of halogens is 4. The molecule has 0 saturated heterocycles. The maximum absolute atomic E-state index is 14.9. The molecule has 0 aromatic heterocycles. The van der Waals surface area contributed by atoms with Gasteiger partial charge in [-0.2, -0.15) is 13.2 Å². The van der Waals surface area contributed by atoms with Gasteiger partial charge in [0.1, 0.15) is 5.75 Å². The van der Waals surface area contributed by atoms with Crippen molar-refractivity contribution < 1.29 is 55.3 Å². The molecule has 246 valence electrons. The van der Waals surface area contributed by atoms with Crippen LogP contribution in [0.3, 0.4) is 0 Å². The summed E-state index contributed by atoms with van der Waals surface area (Å²) in [5.41, 5.74) is -5.91. The zero-order valence-corrected chi connectivity index (χ0v) is 25.2. The molecule has 3 saturated carbocycles. The van der Waals surface area contributed by atoms with E-state index in [1.165, 1.54) is 19.2 Å². The molecule has 5 rings (SSSR count). The van der Waals surface area contributed by atoms with E-state index >= 15 is 0 Å². The number of benzene rings is 2. The van der Waals surface area contributed by atoms with E-state index in [2.05, 4.69) is 17.6 Å². The summed E-state index contributed by atoms with van der Waals surface area (Å²) in [5.74, 6) is -4.81. The highest BCUT2D eigenvalue weighted by atomic mass is 32.2.